The quantitative estimate of drug-likeness (QED) is 0.364. The van der Waals surface area contributed by atoms with E-state index >= 15 is 0 Å². The average molecular weight is 445 g/mol. The molecule has 4 aromatic rings. The largest absolute Gasteiger partial charge is 0.208 e. The second-order valence-electron chi connectivity index (χ2n) is 9.33. The van der Waals surface area contributed by atoms with Crippen molar-refractivity contribution in [3.05, 3.63) is 130 Å². The molecular formula is C32H32N2+2. The molecule has 0 N–H and O–H groups in total. The van der Waals surface area contributed by atoms with Crippen molar-refractivity contribution in [2.75, 3.05) is 0 Å². The molecule has 2 aromatic heterocycles. The molecule has 4 bridgehead atoms. The molecule has 4 aliphatic carbocycles. The van der Waals surface area contributed by atoms with Crippen molar-refractivity contribution in [2.24, 2.45) is 14.1 Å². The Balaban J connectivity index is 1.41. The Kier molecular flexibility index (Phi) is 6.49. The van der Waals surface area contributed by atoms with Gasteiger partial charge in [0.15, 0.2) is 24.8 Å². The molecule has 0 atom stereocenters. The summed E-state index contributed by atoms with van der Waals surface area (Å²) in [6.45, 7) is 0. The van der Waals surface area contributed by atoms with Gasteiger partial charge in [-0.3, -0.25) is 0 Å². The minimum Gasteiger partial charge on any atom is -0.208 e. The van der Waals surface area contributed by atoms with Crippen LogP contribution in [0.1, 0.15) is 44.5 Å². The fraction of sp³-hybridized carbons (Fsp3) is 0.188. The Morgan fingerprint density at radius 3 is 1.32 bits per heavy atom. The first kappa shape index (κ1) is 22.0. The predicted molar refractivity (Wildman–Crippen MR) is 141 cm³/mol. The smallest absolute Gasteiger partial charge is 0.169 e. The van der Waals surface area contributed by atoms with Crippen molar-refractivity contribution in [1.29, 1.82) is 0 Å². The van der Waals surface area contributed by atoms with Crippen LogP contribution in [0.3, 0.4) is 0 Å². The highest BCUT2D eigenvalue weighted by atomic mass is 14.9. The van der Waals surface area contributed by atoms with Crippen LogP contribution >= 0.6 is 0 Å². The van der Waals surface area contributed by atoms with E-state index < -0.39 is 0 Å². The summed E-state index contributed by atoms with van der Waals surface area (Å²) in [6, 6.07) is 22.7. The van der Waals surface area contributed by atoms with Crippen LogP contribution in [-0.2, 0) is 39.8 Å². The van der Waals surface area contributed by atoms with E-state index in [1.165, 1.54) is 44.5 Å². The van der Waals surface area contributed by atoms with Gasteiger partial charge in [-0.2, -0.15) is 0 Å². The number of pyridine rings is 2. The Morgan fingerprint density at radius 2 is 0.912 bits per heavy atom. The highest BCUT2D eigenvalue weighted by Gasteiger charge is 2.09. The van der Waals surface area contributed by atoms with Gasteiger partial charge in [-0.1, -0.05) is 60.7 Å². The third kappa shape index (κ3) is 5.40. The number of aromatic nitrogens is 2. The van der Waals surface area contributed by atoms with Crippen molar-refractivity contribution in [1.82, 2.24) is 0 Å². The van der Waals surface area contributed by atoms with Gasteiger partial charge in [-0.05, 0) is 70.2 Å². The Labute approximate surface area is 203 Å². The van der Waals surface area contributed by atoms with Crippen molar-refractivity contribution in [3.63, 3.8) is 0 Å². The summed E-state index contributed by atoms with van der Waals surface area (Å²) < 4.78 is 4.13. The molecule has 0 unspecified atom stereocenters. The molecule has 0 saturated carbocycles. The molecule has 34 heavy (non-hydrogen) atoms. The normalized spacial score (nSPS) is 13.5. The van der Waals surface area contributed by atoms with E-state index in [-0.39, 0.29) is 0 Å². The van der Waals surface area contributed by atoms with E-state index in [1.54, 1.807) is 0 Å². The minimum atomic E-state index is 1.04. The molecule has 168 valence electrons. The summed E-state index contributed by atoms with van der Waals surface area (Å²) in [5, 5.41) is 0. The molecule has 2 nitrogen and oxygen atoms in total. The van der Waals surface area contributed by atoms with Crippen molar-refractivity contribution in [3.8, 4) is 0 Å². The van der Waals surface area contributed by atoms with Crippen LogP contribution in [0, 0.1) is 0 Å². The van der Waals surface area contributed by atoms with Crippen LogP contribution in [0.2, 0.25) is 0 Å². The molecule has 0 spiro atoms. The lowest BCUT2D eigenvalue weighted by Gasteiger charge is -2.15. The SMILES string of the molecule is C[n+]1ccc(/C=C/c2cc3ccc2CCc2ccc(c(/C=C/c4cc[n+](C)cc4)c2)CC3)cc1. The second-order valence-corrected chi connectivity index (χ2v) is 9.33. The molecule has 2 aromatic carbocycles. The maximum absolute atomic E-state index is 2.39. The van der Waals surface area contributed by atoms with Crippen LogP contribution in [-0.4, -0.2) is 0 Å². The molecule has 4 aliphatic rings. The predicted octanol–water partition coefficient (Wildman–Crippen LogP) is 5.56. The number of benzene rings is 2. The van der Waals surface area contributed by atoms with E-state index in [1.807, 2.05) is 14.1 Å². The van der Waals surface area contributed by atoms with Crippen molar-refractivity contribution < 1.29 is 9.13 Å². The van der Waals surface area contributed by atoms with E-state index in [0.717, 1.165) is 25.7 Å². The van der Waals surface area contributed by atoms with Crippen molar-refractivity contribution >= 4 is 24.3 Å². The van der Waals surface area contributed by atoms with Crippen LogP contribution < -0.4 is 9.13 Å². The molecule has 0 aliphatic heterocycles. The van der Waals surface area contributed by atoms with Crippen LogP contribution in [0.4, 0.5) is 0 Å². The monoisotopic (exact) mass is 444 g/mol. The van der Waals surface area contributed by atoms with Gasteiger partial charge in [-0.15, -0.1) is 0 Å². The lowest BCUT2D eigenvalue weighted by Crippen LogP contribution is -2.25. The molecule has 2 heterocycles. The Hall–Kier alpha value is -3.78. The maximum atomic E-state index is 2.39. The van der Waals surface area contributed by atoms with Gasteiger partial charge >= 0.3 is 0 Å². The highest BCUT2D eigenvalue weighted by Crippen LogP contribution is 2.24. The van der Waals surface area contributed by atoms with Crippen LogP contribution in [0.25, 0.3) is 24.3 Å². The zero-order valence-electron chi connectivity index (χ0n) is 20.1. The van der Waals surface area contributed by atoms with Gasteiger partial charge in [0.05, 0.1) is 0 Å². The fourth-order valence-electron chi connectivity index (χ4n) is 4.54. The summed E-state index contributed by atoms with van der Waals surface area (Å²) >= 11 is 0. The summed E-state index contributed by atoms with van der Waals surface area (Å²) in [4.78, 5) is 0. The summed E-state index contributed by atoms with van der Waals surface area (Å²) in [7, 11) is 4.10. The topological polar surface area (TPSA) is 7.76 Å². The zero-order valence-corrected chi connectivity index (χ0v) is 20.1. The minimum absolute atomic E-state index is 1.04. The third-order valence-corrected chi connectivity index (χ3v) is 6.71. The van der Waals surface area contributed by atoms with Crippen molar-refractivity contribution in [2.45, 2.75) is 25.7 Å². The molecule has 0 saturated heterocycles. The van der Waals surface area contributed by atoms with Gasteiger partial charge < -0.3 is 0 Å². The van der Waals surface area contributed by atoms with Gasteiger partial charge in [0.2, 0.25) is 0 Å². The van der Waals surface area contributed by atoms with Gasteiger partial charge in [0.1, 0.15) is 14.1 Å². The number of hydrogen-bond acceptors (Lipinski definition) is 0. The number of nitrogens with zero attached hydrogens (tertiary/aromatic N) is 2. The Bertz CT molecular complexity index is 1240. The van der Waals surface area contributed by atoms with E-state index in [2.05, 4.69) is 119 Å². The van der Waals surface area contributed by atoms with E-state index in [0.29, 0.717) is 0 Å². The lowest BCUT2D eigenvalue weighted by atomic mass is 9.90. The summed E-state index contributed by atoms with van der Waals surface area (Å²) in [5.41, 5.74) is 10.8. The maximum Gasteiger partial charge on any atom is 0.169 e. The van der Waals surface area contributed by atoms with Gasteiger partial charge in [-0.25, -0.2) is 9.13 Å². The summed E-state index contributed by atoms with van der Waals surface area (Å²) in [6.07, 6.45) is 21.6. The number of hydrogen-bond donors (Lipinski definition) is 0. The molecule has 0 radical (unpaired) electrons. The lowest BCUT2D eigenvalue weighted by molar-refractivity contribution is -0.671. The van der Waals surface area contributed by atoms with Gasteiger partial charge in [0.25, 0.3) is 0 Å². The van der Waals surface area contributed by atoms with Crippen LogP contribution in [0.5, 0.6) is 0 Å². The Morgan fingerprint density at radius 1 is 0.500 bits per heavy atom. The second kappa shape index (κ2) is 10.0. The highest BCUT2D eigenvalue weighted by molar-refractivity contribution is 5.72. The first-order valence-electron chi connectivity index (χ1n) is 12.1. The van der Waals surface area contributed by atoms with Crippen LogP contribution in [0.15, 0.2) is 85.5 Å². The number of aryl methyl sites for hydroxylation is 6. The van der Waals surface area contributed by atoms with Gasteiger partial charge in [0, 0.05) is 24.3 Å². The molecule has 2 heteroatoms. The third-order valence-electron chi connectivity index (χ3n) is 6.71. The molecular weight excluding hydrogens is 412 g/mol. The average Bonchev–Trinajstić information content (AvgIpc) is 2.85. The summed E-state index contributed by atoms with van der Waals surface area (Å²) in [5.74, 6) is 0. The first-order valence-corrected chi connectivity index (χ1v) is 12.1. The van der Waals surface area contributed by atoms with E-state index in [9.17, 15) is 0 Å². The molecule has 0 amide bonds. The number of rotatable bonds is 4. The molecule has 8 rings (SSSR count). The van der Waals surface area contributed by atoms with E-state index in [4.69, 9.17) is 0 Å². The standard InChI is InChI=1S/C32H32N2/c1-33-19-15-25(16-20-33)3-13-31-23-27-5-9-29(31)11-7-28-6-10-30(12-8-27)32(24-28)14-4-26-17-21-34(2)22-18-26/h3-6,9-10,13-24H,7-8,11-12H2,1-2H3/q+2/b13-3+,14-4+. The molecule has 0 fully saturated rings. The fourth-order valence-corrected chi connectivity index (χ4v) is 4.54. The zero-order chi connectivity index (χ0) is 23.3. The first-order chi connectivity index (χ1) is 16.6.